The number of phenols is 1. The molecule has 1 aromatic carbocycles. The van der Waals surface area contributed by atoms with Crippen LogP contribution < -0.4 is 0 Å². The number of halogens is 1. The summed E-state index contributed by atoms with van der Waals surface area (Å²) >= 11 is 2.22. The SMILES string of the molecule is CC(C)(C)c1cc(I)c(O)c(CN2CCOCC2)c1. The zero-order chi connectivity index (χ0) is 14.0. The molecule has 0 aliphatic carbocycles. The van der Waals surface area contributed by atoms with E-state index in [9.17, 15) is 5.11 Å². The lowest BCUT2D eigenvalue weighted by Gasteiger charge is -2.28. The Morgan fingerprint density at radius 3 is 2.47 bits per heavy atom. The van der Waals surface area contributed by atoms with Crippen LogP contribution in [0.4, 0.5) is 0 Å². The second-order valence-corrected chi connectivity index (χ2v) is 7.27. The summed E-state index contributed by atoms with van der Waals surface area (Å²) in [5, 5.41) is 10.3. The van der Waals surface area contributed by atoms with E-state index in [0.717, 1.165) is 42.0 Å². The molecule has 0 amide bonds. The molecule has 1 N–H and O–H groups in total. The maximum Gasteiger partial charge on any atom is 0.133 e. The summed E-state index contributed by atoms with van der Waals surface area (Å²) in [6, 6.07) is 4.23. The first-order valence-electron chi connectivity index (χ1n) is 6.70. The second-order valence-electron chi connectivity index (χ2n) is 6.10. The van der Waals surface area contributed by atoms with Gasteiger partial charge in [-0.15, -0.1) is 0 Å². The largest absolute Gasteiger partial charge is 0.507 e. The standard InChI is InChI=1S/C15H22INO2/c1-15(2,3)12-8-11(14(18)13(16)9-12)10-17-4-6-19-7-5-17/h8-9,18H,4-7,10H2,1-3H3. The number of aromatic hydroxyl groups is 1. The van der Waals surface area contributed by atoms with E-state index in [0.29, 0.717) is 5.75 Å². The molecule has 1 saturated heterocycles. The van der Waals surface area contributed by atoms with Crippen molar-refractivity contribution in [3.63, 3.8) is 0 Å². The van der Waals surface area contributed by atoms with E-state index >= 15 is 0 Å². The number of ether oxygens (including phenoxy) is 1. The van der Waals surface area contributed by atoms with Crippen molar-refractivity contribution < 1.29 is 9.84 Å². The number of rotatable bonds is 2. The molecule has 1 fully saturated rings. The molecule has 2 rings (SSSR count). The smallest absolute Gasteiger partial charge is 0.133 e. The summed E-state index contributed by atoms with van der Waals surface area (Å²) in [6.07, 6.45) is 0. The normalized spacial score (nSPS) is 17.7. The minimum Gasteiger partial charge on any atom is -0.507 e. The molecule has 0 aromatic heterocycles. The molecule has 3 nitrogen and oxygen atoms in total. The van der Waals surface area contributed by atoms with E-state index in [1.165, 1.54) is 5.56 Å². The molecule has 1 aliphatic heterocycles. The van der Waals surface area contributed by atoms with Crippen molar-refractivity contribution in [2.24, 2.45) is 0 Å². The Hall–Kier alpha value is -0.330. The highest BCUT2D eigenvalue weighted by atomic mass is 127. The maximum absolute atomic E-state index is 10.3. The van der Waals surface area contributed by atoms with Gasteiger partial charge >= 0.3 is 0 Å². The lowest BCUT2D eigenvalue weighted by Crippen LogP contribution is -2.35. The molecule has 1 heterocycles. The Labute approximate surface area is 129 Å². The molecule has 0 saturated carbocycles. The number of morpholine rings is 1. The zero-order valence-corrected chi connectivity index (χ0v) is 14.0. The topological polar surface area (TPSA) is 32.7 Å². The maximum atomic E-state index is 10.3. The van der Waals surface area contributed by atoms with Gasteiger partial charge in [-0.05, 0) is 39.6 Å². The van der Waals surface area contributed by atoms with Crippen molar-refractivity contribution in [1.29, 1.82) is 0 Å². The van der Waals surface area contributed by atoms with Gasteiger partial charge in [0.15, 0.2) is 0 Å². The quantitative estimate of drug-likeness (QED) is 0.807. The summed E-state index contributed by atoms with van der Waals surface area (Å²) < 4.78 is 6.30. The lowest BCUT2D eigenvalue weighted by molar-refractivity contribution is 0.0338. The third kappa shape index (κ3) is 3.83. The van der Waals surface area contributed by atoms with Gasteiger partial charge in [0.05, 0.1) is 16.8 Å². The first-order chi connectivity index (χ1) is 8.88. The number of benzene rings is 1. The van der Waals surface area contributed by atoms with Gasteiger partial charge in [-0.25, -0.2) is 0 Å². The molecule has 0 radical (unpaired) electrons. The van der Waals surface area contributed by atoms with Crippen molar-refractivity contribution >= 4 is 22.6 Å². The van der Waals surface area contributed by atoms with Crippen LogP contribution in [0.15, 0.2) is 12.1 Å². The minimum atomic E-state index is 0.105. The Morgan fingerprint density at radius 2 is 1.89 bits per heavy atom. The van der Waals surface area contributed by atoms with E-state index in [4.69, 9.17) is 4.74 Å². The van der Waals surface area contributed by atoms with Crippen LogP contribution in [0.3, 0.4) is 0 Å². The van der Waals surface area contributed by atoms with Gasteiger partial charge in [-0.1, -0.05) is 26.8 Å². The number of nitrogens with zero attached hydrogens (tertiary/aromatic N) is 1. The Bertz CT molecular complexity index is 448. The van der Waals surface area contributed by atoms with E-state index in [1.807, 2.05) is 0 Å². The van der Waals surface area contributed by atoms with E-state index in [2.05, 4.69) is 60.4 Å². The van der Waals surface area contributed by atoms with Gasteiger partial charge in [0, 0.05) is 25.2 Å². The molecule has 4 heteroatoms. The Morgan fingerprint density at radius 1 is 1.26 bits per heavy atom. The fourth-order valence-electron chi connectivity index (χ4n) is 2.21. The third-order valence-electron chi connectivity index (χ3n) is 3.51. The summed E-state index contributed by atoms with van der Waals surface area (Å²) in [4.78, 5) is 2.33. The van der Waals surface area contributed by atoms with Crippen LogP contribution in [-0.4, -0.2) is 36.3 Å². The number of hydrogen-bond acceptors (Lipinski definition) is 3. The molecule has 1 aliphatic rings. The van der Waals surface area contributed by atoms with Crippen LogP contribution in [0.2, 0.25) is 0 Å². The fourth-order valence-corrected chi connectivity index (χ4v) is 2.89. The molecule has 1 aromatic rings. The summed E-state index contributed by atoms with van der Waals surface area (Å²) in [5.41, 5.74) is 2.41. The molecule has 19 heavy (non-hydrogen) atoms. The predicted molar refractivity (Wildman–Crippen MR) is 85.6 cm³/mol. The molecule has 0 bridgehead atoms. The Kier molecular flexibility index (Phi) is 4.74. The van der Waals surface area contributed by atoms with Crippen LogP contribution in [0.1, 0.15) is 31.9 Å². The van der Waals surface area contributed by atoms with Crippen LogP contribution in [0.5, 0.6) is 5.75 Å². The molecule has 0 unspecified atom stereocenters. The molecule has 106 valence electrons. The summed E-state index contributed by atoms with van der Waals surface area (Å²) in [5.74, 6) is 0.431. The third-order valence-corrected chi connectivity index (χ3v) is 4.33. The van der Waals surface area contributed by atoms with E-state index < -0.39 is 0 Å². The van der Waals surface area contributed by atoms with Crippen molar-refractivity contribution in [2.45, 2.75) is 32.7 Å². The summed E-state index contributed by atoms with van der Waals surface area (Å²) in [6.45, 7) is 10.9. The number of hydrogen-bond donors (Lipinski definition) is 1. The van der Waals surface area contributed by atoms with Gasteiger partial charge in [0.2, 0.25) is 0 Å². The highest BCUT2D eigenvalue weighted by Gasteiger charge is 2.19. The van der Waals surface area contributed by atoms with Crippen LogP contribution >= 0.6 is 22.6 Å². The first kappa shape index (κ1) is 15.1. The van der Waals surface area contributed by atoms with Crippen LogP contribution in [0, 0.1) is 3.57 Å². The highest BCUT2D eigenvalue weighted by Crippen LogP contribution is 2.32. The van der Waals surface area contributed by atoms with Crippen molar-refractivity contribution in [1.82, 2.24) is 4.90 Å². The zero-order valence-electron chi connectivity index (χ0n) is 11.9. The van der Waals surface area contributed by atoms with Gasteiger partial charge in [-0.3, -0.25) is 4.90 Å². The average Bonchev–Trinajstić information content (AvgIpc) is 2.34. The van der Waals surface area contributed by atoms with Crippen LogP contribution in [0.25, 0.3) is 0 Å². The second kappa shape index (κ2) is 5.97. The van der Waals surface area contributed by atoms with Crippen molar-refractivity contribution in [3.05, 3.63) is 26.8 Å². The number of phenolic OH excluding ortho intramolecular Hbond substituents is 1. The van der Waals surface area contributed by atoms with Gasteiger partial charge in [-0.2, -0.15) is 0 Å². The molecular weight excluding hydrogens is 353 g/mol. The molecular formula is C15H22INO2. The van der Waals surface area contributed by atoms with Crippen molar-refractivity contribution in [2.75, 3.05) is 26.3 Å². The summed E-state index contributed by atoms with van der Waals surface area (Å²) in [7, 11) is 0. The predicted octanol–water partition coefficient (Wildman–Crippen LogP) is 3.13. The fraction of sp³-hybridized carbons (Fsp3) is 0.600. The van der Waals surface area contributed by atoms with Gasteiger partial charge < -0.3 is 9.84 Å². The lowest BCUT2D eigenvalue weighted by atomic mass is 9.86. The Balaban J connectivity index is 2.25. The monoisotopic (exact) mass is 375 g/mol. The van der Waals surface area contributed by atoms with Crippen molar-refractivity contribution in [3.8, 4) is 5.75 Å². The van der Waals surface area contributed by atoms with E-state index in [-0.39, 0.29) is 5.41 Å². The van der Waals surface area contributed by atoms with Gasteiger partial charge in [0.1, 0.15) is 5.75 Å². The average molecular weight is 375 g/mol. The molecule has 0 atom stereocenters. The highest BCUT2D eigenvalue weighted by molar-refractivity contribution is 14.1. The van der Waals surface area contributed by atoms with E-state index in [1.54, 1.807) is 0 Å². The molecule has 0 spiro atoms. The minimum absolute atomic E-state index is 0.105. The van der Waals surface area contributed by atoms with Crippen LogP contribution in [-0.2, 0) is 16.7 Å². The van der Waals surface area contributed by atoms with Gasteiger partial charge in [0.25, 0.3) is 0 Å². The first-order valence-corrected chi connectivity index (χ1v) is 7.78.